The molecule has 0 bridgehead atoms. The third-order valence-corrected chi connectivity index (χ3v) is 2.98. The van der Waals surface area contributed by atoms with Crippen LogP contribution in [0.1, 0.15) is 37.0 Å². The zero-order valence-electron chi connectivity index (χ0n) is 12.5. The number of ether oxygens (including phenoxy) is 1. The summed E-state index contributed by atoms with van der Waals surface area (Å²) in [7, 11) is 0. The Hall–Kier alpha value is -2.24. The zero-order chi connectivity index (χ0) is 15.8. The van der Waals surface area contributed by atoms with Gasteiger partial charge in [0.25, 0.3) is 5.91 Å². The van der Waals surface area contributed by atoms with Gasteiger partial charge in [0.1, 0.15) is 5.75 Å². The molecular weight excluding hydrogens is 272 g/mol. The maximum absolute atomic E-state index is 12.3. The molecule has 0 atom stereocenters. The van der Waals surface area contributed by atoms with Gasteiger partial charge in [0.2, 0.25) is 0 Å². The molecule has 0 spiro atoms. The largest absolute Gasteiger partial charge is 0.491 e. The number of carbonyl (C=O) groups is 2. The number of nitrogen functional groups attached to an aromatic ring is 1. The molecule has 0 aliphatic heterocycles. The standard InChI is InChI=1S/C15H22N2O4/c1-3-9-21-13-6-5-11(10-12(13)16)15(20)17(4-2)8-7-14(18)19/h5-6,10H,3-4,7-9,16H2,1-2H3,(H,18,19). The van der Waals surface area contributed by atoms with Gasteiger partial charge in [-0.2, -0.15) is 0 Å². The van der Waals surface area contributed by atoms with Crippen molar-refractivity contribution in [3.05, 3.63) is 23.8 Å². The number of carboxylic acid groups (broad SMARTS) is 1. The van der Waals surface area contributed by atoms with Crippen molar-refractivity contribution in [1.82, 2.24) is 4.90 Å². The Bertz CT molecular complexity index is 502. The van der Waals surface area contributed by atoms with E-state index in [0.29, 0.717) is 30.2 Å². The van der Waals surface area contributed by atoms with Gasteiger partial charge in [0, 0.05) is 18.7 Å². The van der Waals surface area contributed by atoms with Crippen molar-refractivity contribution in [3.8, 4) is 5.75 Å². The van der Waals surface area contributed by atoms with E-state index in [1.165, 1.54) is 4.90 Å². The Balaban J connectivity index is 2.81. The van der Waals surface area contributed by atoms with Crippen molar-refractivity contribution < 1.29 is 19.4 Å². The monoisotopic (exact) mass is 294 g/mol. The first-order chi connectivity index (χ1) is 9.99. The molecule has 0 saturated carbocycles. The first-order valence-electron chi connectivity index (χ1n) is 7.03. The number of aliphatic carboxylic acids is 1. The minimum Gasteiger partial charge on any atom is -0.491 e. The lowest BCUT2D eigenvalue weighted by molar-refractivity contribution is -0.137. The number of amides is 1. The van der Waals surface area contributed by atoms with Crippen molar-refractivity contribution in [3.63, 3.8) is 0 Å². The van der Waals surface area contributed by atoms with E-state index in [4.69, 9.17) is 15.6 Å². The normalized spacial score (nSPS) is 10.2. The summed E-state index contributed by atoms with van der Waals surface area (Å²) < 4.78 is 5.46. The summed E-state index contributed by atoms with van der Waals surface area (Å²) in [5.41, 5.74) is 6.71. The molecule has 1 aromatic carbocycles. The quantitative estimate of drug-likeness (QED) is 0.715. The fourth-order valence-corrected chi connectivity index (χ4v) is 1.84. The van der Waals surface area contributed by atoms with Crippen molar-refractivity contribution in [1.29, 1.82) is 0 Å². The highest BCUT2D eigenvalue weighted by molar-refractivity contribution is 5.95. The number of carbonyl (C=O) groups excluding carboxylic acids is 1. The van der Waals surface area contributed by atoms with Crippen molar-refractivity contribution >= 4 is 17.6 Å². The van der Waals surface area contributed by atoms with Crippen LogP contribution in [0.15, 0.2) is 18.2 Å². The Morgan fingerprint density at radius 3 is 2.57 bits per heavy atom. The van der Waals surface area contributed by atoms with Crippen LogP contribution in [0.25, 0.3) is 0 Å². The highest BCUT2D eigenvalue weighted by Crippen LogP contribution is 2.23. The summed E-state index contributed by atoms with van der Waals surface area (Å²) in [5.74, 6) is -0.599. The van der Waals surface area contributed by atoms with Crippen molar-refractivity contribution in [2.24, 2.45) is 0 Å². The number of hydrogen-bond donors (Lipinski definition) is 2. The molecule has 0 heterocycles. The fraction of sp³-hybridized carbons (Fsp3) is 0.467. The lowest BCUT2D eigenvalue weighted by Gasteiger charge is -2.20. The molecule has 1 rings (SSSR count). The first-order valence-corrected chi connectivity index (χ1v) is 7.03. The Morgan fingerprint density at radius 1 is 1.33 bits per heavy atom. The summed E-state index contributed by atoms with van der Waals surface area (Å²) in [4.78, 5) is 24.4. The molecule has 0 saturated heterocycles. The Kier molecular flexibility index (Phi) is 6.52. The van der Waals surface area contributed by atoms with E-state index in [9.17, 15) is 9.59 Å². The van der Waals surface area contributed by atoms with Gasteiger partial charge in [-0.05, 0) is 31.5 Å². The molecule has 0 aromatic heterocycles. The van der Waals surface area contributed by atoms with Crippen LogP contribution in [0.2, 0.25) is 0 Å². The van der Waals surface area contributed by atoms with E-state index < -0.39 is 5.97 Å². The zero-order valence-corrected chi connectivity index (χ0v) is 12.5. The molecule has 0 fully saturated rings. The number of nitrogens with zero attached hydrogens (tertiary/aromatic N) is 1. The second-order valence-corrected chi connectivity index (χ2v) is 4.63. The number of hydrogen-bond acceptors (Lipinski definition) is 4. The van der Waals surface area contributed by atoms with E-state index >= 15 is 0 Å². The third kappa shape index (κ3) is 4.98. The van der Waals surface area contributed by atoms with E-state index in [0.717, 1.165) is 6.42 Å². The van der Waals surface area contributed by atoms with E-state index in [1.54, 1.807) is 18.2 Å². The molecule has 0 aliphatic rings. The maximum atomic E-state index is 12.3. The third-order valence-electron chi connectivity index (χ3n) is 2.98. The molecule has 0 unspecified atom stereocenters. The second kappa shape index (κ2) is 8.14. The lowest BCUT2D eigenvalue weighted by Crippen LogP contribution is -2.32. The van der Waals surface area contributed by atoms with Gasteiger partial charge in [0.05, 0.1) is 18.7 Å². The first kappa shape index (κ1) is 16.8. The molecule has 1 amide bonds. The van der Waals surface area contributed by atoms with Gasteiger partial charge in [-0.3, -0.25) is 9.59 Å². The SMILES string of the molecule is CCCOc1ccc(C(=O)N(CC)CCC(=O)O)cc1N. The lowest BCUT2D eigenvalue weighted by atomic mass is 10.1. The van der Waals surface area contributed by atoms with Crippen molar-refractivity contribution in [2.75, 3.05) is 25.4 Å². The number of benzene rings is 1. The minimum absolute atomic E-state index is 0.0766. The summed E-state index contributed by atoms with van der Waals surface area (Å²) in [5, 5.41) is 8.70. The van der Waals surface area contributed by atoms with E-state index in [1.807, 2.05) is 13.8 Å². The van der Waals surface area contributed by atoms with Crippen LogP contribution in [0, 0.1) is 0 Å². The van der Waals surface area contributed by atoms with E-state index in [-0.39, 0.29) is 18.9 Å². The van der Waals surface area contributed by atoms with Gasteiger partial charge in [-0.1, -0.05) is 6.92 Å². The molecule has 6 heteroatoms. The molecule has 21 heavy (non-hydrogen) atoms. The Morgan fingerprint density at radius 2 is 2.05 bits per heavy atom. The maximum Gasteiger partial charge on any atom is 0.305 e. The van der Waals surface area contributed by atoms with Gasteiger partial charge in [0.15, 0.2) is 0 Å². The van der Waals surface area contributed by atoms with Gasteiger partial charge in [-0.25, -0.2) is 0 Å². The molecule has 0 radical (unpaired) electrons. The topological polar surface area (TPSA) is 92.9 Å². The predicted octanol–water partition coefficient (Wildman–Crippen LogP) is 1.99. The van der Waals surface area contributed by atoms with Crippen LogP contribution < -0.4 is 10.5 Å². The molecule has 116 valence electrons. The van der Waals surface area contributed by atoms with Crippen LogP contribution in [0.4, 0.5) is 5.69 Å². The van der Waals surface area contributed by atoms with Crippen LogP contribution in [0.5, 0.6) is 5.75 Å². The highest BCUT2D eigenvalue weighted by atomic mass is 16.5. The summed E-state index contributed by atoms with van der Waals surface area (Å²) in [6, 6.07) is 4.88. The van der Waals surface area contributed by atoms with Crippen LogP contribution in [0.3, 0.4) is 0 Å². The van der Waals surface area contributed by atoms with Gasteiger partial charge in [-0.15, -0.1) is 0 Å². The van der Waals surface area contributed by atoms with Crippen LogP contribution in [-0.2, 0) is 4.79 Å². The van der Waals surface area contributed by atoms with Crippen LogP contribution in [-0.4, -0.2) is 41.6 Å². The number of nitrogens with two attached hydrogens (primary N) is 1. The number of anilines is 1. The molecule has 0 aliphatic carbocycles. The average Bonchev–Trinajstić information content (AvgIpc) is 2.46. The van der Waals surface area contributed by atoms with Crippen molar-refractivity contribution in [2.45, 2.75) is 26.7 Å². The van der Waals surface area contributed by atoms with Gasteiger partial charge < -0.3 is 20.5 Å². The number of carboxylic acids is 1. The minimum atomic E-state index is -0.927. The smallest absolute Gasteiger partial charge is 0.305 e. The Labute approximate surface area is 124 Å². The summed E-state index contributed by atoms with van der Waals surface area (Å²) in [6.45, 7) is 4.99. The molecular formula is C15H22N2O4. The molecule has 3 N–H and O–H groups in total. The molecule has 6 nitrogen and oxygen atoms in total. The van der Waals surface area contributed by atoms with E-state index in [2.05, 4.69) is 0 Å². The average molecular weight is 294 g/mol. The highest BCUT2D eigenvalue weighted by Gasteiger charge is 2.16. The summed E-state index contributed by atoms with van der Waals surface area (Å²) >= 11 is 0. The summed E-state index contributed by atoms with van der Waals surface area (Å²) in [6.07, 6.45) is 0.797. The fourth-order valence-electron chi connectivity index (χ4n) is 1.84. The second-order valence-electron chi connectivity index (χ2n) is 4.63. The van der Waals surface area contributed by atoms with Gasteiger partial charge >= 0.3 is 5.97 Å². The van der Waals surface area contributed by atoms with Crippen LogP contribution >= 0.6 is 0 Å². The number of rotatable bonds is 8. The molecule has 1 aromatic rings. The predicted molar refractivity (Wildman–Crippen MR) is 80.5 cm³/mol.